The second kappa shape index (κ2) is 6.97. The van der Waals surface area contributed by atoms with Gasteiger partial charge in [-0.25, -0.2) is 0 Å². The van der Waals surface area contributed by atoms with E-state index in [2.05, 4.69) is 43.5 Å². The number of nitrogens with one attached hydrogen (secondary N) is 2. The summed E-state index contributed by atoms with van der Waals surface area (Å²) in [6.07, 6.45) is 3.19. The molecule has 4 nitrogen and oxygen atoms in total. The van der Waals surface area contributed by atoms with Crippen molar-refractivity contribution in [3.63, 3.8) is 0 Å². The predicted molar refractivity (Wildman–Crippen MR) is 71.0 cm³/mol. The number of hydrogen-bond acceptors (Lipinski definition) is 3. The molecule has 0 aromatic rings. The number of carbonyl (C=O) groups excluding carboxylic acids is 1. The molecule has 1 heterocycles. The number of amides is 1. The Hall–Kier alpha value is -0.610. The van der Waals surface area contributed by atoms with E-state index in [1.54, 1.807) is 0 Å². The summed E-state index contributed by atoms with van der Waals surface area (Å²) in [4.78, 5) is 14.0. The van der Waals surface area contributed by atoms with Crippen LogP contribution < -0.4 is 10.6 Å². The lowest BCUT2D eigenvalue weighted by atomic mass is 10.0. The minimum absolute atomic E-state index is 0.00940. The largest absolute Gasteiger partial charge is 0.355 e. The Morgan fingerprint density at radius 2 is 2.12 bits per heavy atom. The maximum Gasteiger partial charge on any atom is 0.237 e. The fraction of sp³-hybridized carbons (Fsp3) is 0.923. The van der Waals surface area contributed by atoms with E-state index >= 15 is 0 Å². The van der Waals surface area contributed by atoms with Gasteiger partial charge in [-0.15, -0.1) is 0 Å². The highest BCUT2D eigenvalue weighted by Crippen LogP contribution is 2.10. The molecule has 0 aliphatic carbocycles. The summed E-state index contributed by atoms with van der Waals surface area (Å²) < 4.78 is 0. The Balaban J connectivity index is 2.54. The average molecular weight is 241 g/mol. The molecule has 0 radical (unpaired) electrons. The molecule has 1 fully saturated rings. The minimum atomic E-state index is -0.00940. The van der Waals surface area contributed by atoms with E-state index < -0.39 is 0 Å². The van der Waals surface area contributed by atoms with Crippen molar-refractivity contribution in [3.05, 3.63) is 0 Å². The van der Waals surface area contributed by atoms with Crippen LogP contribution in [0.5, 0.6) is 0 Å². The highest BCUT2D eigenvalue weighted by atomic mass is 16.2. The Morgan fingerprint density at radius 1 is 1.41 bits per heavy atom. The topological polar surface area (TPSA) is 44.4 Å². The van der Waals surface area contributed by atoms with Gasteiger partial charge in [0.05, 0.1) is 6.04 Å². The SMILES string of the molecule is CC(C)C(CN(C)C)NC1CCCCNC1=O. The van der Waals surface area contributed by atoms with E-state index in [0.29, 0.717) is 12.0 Å². The quantitative estimate of drug-likeness (QED) is 0.749. The van der Waals surface area contributed by atoms with E-state index in [9.17, 15) is 4.79 Å². The second-order valence-electron chi connectivity index (χ2n) is 5.62. The van der Waals surface area contributed by atoms with Gasteiger partial charge in [0.15, 0.2) is 0 Å². The molecule has 2 unspecified atom stereocenters. The molecule has 4 heteroatoms. The van der Waals surface area contributed by atoms with Crippen LogP contribution >= 0.6 is 0 Å². The summed E-state index contributed by atoms with van der Waals surface area (Å²) >= 11 is 0. The summed E-state index contributed by atoms with van der Waals surface area (Å²) in [5.74, 6) is 0.709. The van der Waals surface area contributed by atoms with Crippen molar-refractivity contribution < 1.29 is 4.79 Å². The molecule has 1 aliphatic heterocycles. The monoisotopic (exact) mass is 241 g/mol. The zero-order chi connectivity index (χ0) is 12.8. The molecule has 2 atom stereocenters. The highest BCUT2D eigenvalue weighted by Gasteiger charge is 2.25. The fourth-order valence-corrected chi connectivity index (χ4v) is 2.21. The average Bonchev–Trinajstić information content (AvgIpc) is 2.42. The normalized spacial score (nSPS) is 23.6. The summed E-state index contributed by atoms with van der Waals surface area (Å²) in [5, 5.41) is 6.50. The van der Waals surface area contributed by atoms with E-state index in [4.69, 9.17) is 0 Å². The molecule has 1 amide bonds. The van der Waals surface area contributed by atoms with Crippen LogP contribution in [0.3, 0.4) is 0 Å². The molecule has 0 aromatic carbocycles. The number of nitrogens with zero attached hydrogens (tertiary/aromatic N) is 1. The first-order valence-electron chi connectivity index (χ1n) is 6.69. The summed E-state index contributed by atoms with van der Waals surface area (Å²) in [5.41, 5.74) is 0. The Morgan fingerprint density at radius 3 is 2.71 bits per heavy atom. The standard InChI is InChI=1S/C13H27N3O/c1-10(2)12(9-16(3)4)15-11-7-5-6-8-14-13(11)17/h10-12,15H,5-9H2,1-4H3,(H,14,17). The molecule has 1 saturated heterocycles. The van der Waals surface area contributed by atoms with Crippen molar-refractivity contribution in [2.24, 2.45) is 5.92 Å². The van der Waals surface area contributed by atoms with Gasteiger partial charge in [0.1, 0.15) is 0 Å². The number of carbonyl (C=O) groups is 1. The summed E-state index contributed by atoms with van der Waals surface area (Å²) in [6, 6.07) is 0.365. The van der Waals surface area contributed by atoms with Gasteiger partial charge in [0, 0.05) is 19.1 Å². The predicted octanol–water partition coefficient (Wildman–Crippen LogP) is 0.831. The maximum absolute atomic E-state index is 11.9. The van der Waals surface area contributed by atoms with Gasteiger partial charge in [0.25, 0.3) is 0 Å². The van der Waals surface area contributed by atoms with Crippen molar-refractivity contribution in [2.45, 2.75) is 45.2 Å². The van der Waals surface area contributed by atoms with Crippen molar-refractivity contribution in [3.8, 4) is 0 Å². The van der Waals surface area contributed by atoms with Crippen LogP contribution in [0.15, 0.2) is 0 Å². The van der Waals surface area contributed by atoms with Crippen molar-refractivity contribution in [2.75, 3.05) is 27.2 Å². The summed E-state index contributed by atoms with van der Waals surface area (Å²) in [6.45, 7) is 6.21. The van der Waals surface area contributed by atoms with Gasteiger partial charge in [-0.3, -0.25) is 4.79 Å². The maximum atomic E-state index is 11.9. The van der Waals surface area contributed by atoms with Crippen molar-refractivity contribution >= 4 is 5.91 Å². The zero-order valence-corrected chi connectivity index (χ0v) is 11.6. The van der Waals surface area contributed by atoms with Gasteiger partial charge >= 0.3 is 0 Å². The molecule has 2 N–H and O–H groups in total. The molecule has 0 bridgehead atoms. The molecule has 0 spiro atoms. The molecular formula is C13H27N3O. The van der Waals surface area contributed by atoms with Crippen LogP contribution in [0, 0.1) is 5.92 Å². The zero-order valence-electron chi connectivity index (χ0n) is 11.6. The van der Waals surface area contributed by atoms with Gasteiger partial charge in [-0.2, -0.15) is 0 Å². The van der Waals surface area contributed by atoms with Crippen molar-refractivity contribution in [1.82, 2.24) is 15.5 Å². The first kappa shape index (κ1) is 14.5. The first-order valence-corrected chi connectivity index (χ1v) is 6.69. The summed E-state index contributed by atoms with van der Waals surface area (Å²) in [7, 11) is 4.15. The lowest BCUT2D eigenvalue weighted by Crippen LogP contribution is -2.52. The lowest BCUT2D eigenvalue weighted by Gasteiger charge is -2.29. The van der Waals surface area contributed by atoms with E-state index in [-0.39, 0.29) is 11.9 Å². The van der Waals surface area contributed by atoms with Gasteiger partial charge in [-0.05, 0) is 39.3 Å². The van der Waals surface area contributed by atoms with Crippen LogP contribution in [0.4, 0.5) is 0 Å². The molecule has 100 valence electrons. The van der Waals surface area contributed by atoms with Gasteiger partial charge in [-0.1, -0.05) is 13.8 Å². The lowest BCUT2D eigenvalue weighted by molar-refractivity contribution is -0.123. The Labute approximate surface area is 105 Å². The fourth-order valence-electron chi connectivity index (χ4n) is 2.21. The second-order valence-corrected chi connectivity index (χ2v) is 5.62. The first-order chi connectivity index (χ1) is 8.00. The van der Waals surface area contributed by atoms with Crippen LogP contribution in [0.1, 0.15) is 33.1 Å². The third-order valence-corrected chi connectivity index (χ3v) is 3.32. The smallest absolute Gasteiger partial charge is 0.237 e. The number of hydrogen-bond donors (Lipinski definition) is 2. The molecule has 0 saturated carbocycles. The number of rotatable bonds is 5. The van der Waals surface area contributed by atoms with E-state index in [1.165, 1.54) is 0 Å². The molecule has 1 aliphatic rings. The third kappa shape index (κ3) is 5.04. The number of likely N-dealkylation sites (N-methyl/N-ethyl adjacent to an activating group) is 1. The van der Waals surface area contributed by atoms with Crippen LogP contribution in [0.25, 0.3) is 0 Å². The van der Waals surface area contributed by atoms with Gasteiger partial charge in [0.2, 0.25) is 5.91 Å². The molecule has 1 rings (SSSR count). The van der Waals surface area contributed by atoms with Crippen LogP contribution in [0.2, 0.25) is 0 Å². The van der Waals surface area contributed by atoms with Crippen molar-refractivity contribution in [1.29, 1.82) is 0 Å². The molecule has 0 aromatic heterocycles. The Kier molecular flexibility index (Phi) is 5.92. The minimum Gasteiger partial charge on any atom is -0.355 e. The molecule has 17 heavy (non-hydrogen) atoms. The third-order valence-electron chi connectivity index (χ3n) is 3.32. The highest BCUT2D eigenvalue weighted by molar-refractivity contribution is 5.81. The van der Waals surface area contributed by atoms with E-state index in [0.717, 1.165) is 32.4 Å². The Bertz CT molecular complexity index is 241. The van der Waals surface area contributed by atoms with Crippen LogP contribution in [-0.2, 0) is 4.79 Å². The molecular weight excluding hydrogens is 214 g/mol. The van der Waals surface area contributed by atoms with Gasteiger partial charge < -0.3 is 15.5 Å². The van der Waals surface area contributed by atoms with Crippen LogP contribution in [-0.4, -0.2) is 50.1 Å². The van der Waals surface area contributed by atoms with E-state index in [1.807, 2.05) is 0 Å².